The summed E-state index contributed by atoms with van der Waals surface area (Å²) in [7, 11) is 0. The van der Waals surface area contributed by atoms with Crippen molar-refractivity contribution in [1.29, 1.82) is 0 Å². The lowest BCUT2D eigenvalue weighted by Gasteiger charge is -2.23. The van der Waals surface area contributed by atoms with Gasteiger partial charge in [-0.1, -0.05) is 39.8 Å². The highest BCUT2D eigenvalue weighted by Gasteiger charge is 2.16. The van der Waals surface area contributed by atoms with Gasteiger partial charge in [0.1, 0.15) is 0 Å². The second-order valence-corrected chi connectivity index (χ2v) is 4.49. The van der Waals surface area contributed by atoms with Gasteiger partial charge in [0.2, 0.25) is 0 Å². The summed E-state index contributed by atoms with van der Waals surface area (Å²) < 4.78 is 0. The molecule has 0 nitrogen and oxygen atoms in total. The van der Waals surface area contributed by atoms with Gasteiger partial charge < -0.3 is 0 Å². The minimum absolute atomic E-state index is 0.209. The summed E-state index contributed by atoms with van der Waals surface area (Å²) in [6.07, 6.45) is 1.13. The third-order valence-electron chi connectivity index (χ3n) is 2.53. The Hall–Kier alpha value is -0.520. The van der Waals surface area contributed by atoms with Crippen molar-refractivity contribution in [2.45, 2.75) is 48.0 Å². The van der Waals surface area contributed by atoms with E-state index in [4.69, 9.17) is 0 Å². The van der Waals surface area contributed by atoms with E-state index in [1.165, 1.54) is 16.7 Å². The third-order valence-corrected chi connectivity index (χ3v) is 2.53. The van der Waals surface area contributed by atoms with E-state index < -0.39 is 0 Å². The standard InChI is InChI=1S/C12H22/c1-8-9(2)10(3)11(4)12(5,6)7/h4,8H2,1-3,5-7H3/b10-9-. The Morgan fingerprint density at radius 3 is 1.83 bits per heavy atom. The summed E-state index contributed by atoms with van der Waals surface area (Å²) >= 11 is 0. The Balaban J connectivity index is 4.74. The molecule has 70 valence electrons. The number of hydrogen-bond donors (Lipinski definition) is 0. The highest BCUT2D eigenvalue weighted by molar-refractivity contribution is 5.34. The fourth-order valence-electron chi connectivity index (χ4n) is 1.09. The third kappa shape index (κ3) is 2.84. The predicted octanol–water partition coefficient (Wildman–Crippen LogP) is 4.34. The zero-order chi connectivity index (χ0) is 9.94. The molecule has 0 aliphatic rings. The maximum absolute atomic E-state index is 4.14. The summed E-state index contributed by atoms with van der Waals surface area (Å²) in [6, 6.07) is 0. The van der Waals surface area contributed by atoms with Crippen molar-refractivity contribution in [3.8, 4) is 0 Å². The highest BCUT2D eigenvalue weighted by atomic mass is 14.2. The summed E-state index contributed by atoms with van der Waals surface area (Å²) in [5, 5.41) is 0. The molecule has 0 radical (unpaired) electrons. The fraction of sp³-hybridized carbons (Fsp3) is 0.667. The Labute approximate surface area is 77.4 Å². The van der Waals surface area contributed by atoms with Crippen LogP contribution in [0.5, 0.6) is 0 Å². The molecule has 0 aliphatic carbocycles. The molecule has 0 aromatic rings. The van der Waals surface area contributed by atoms with Gasteiger partial charge in [-0.05, 0) is 36.8 Å². The molecule has 0 spiro atoms. The van der Waals surface area contributed by atoms with E-state index in [9.17, 15) is 0 Å². The minimum atomic E-state index is 0.209. The van der Waals surface area contributed by atoms with Gasteiger partial charge in [-0.3, -0.25) is 0 Å². The van der Waals surface area contributed by atoms with Gasteiger partial charge in [0.05, 0.1) is 0 Å². The lowest BCUT2D eigenvalue weighted by atomic mass is 9.82. The molecule has 0 atom stereocenters. The van der Waals surface area contributed by atoms with Gasteiger partial charge in [-0.2, -0.15) is 0 Å². The van der Waals surface area contributed by atoms with Crippen molar-refractivity contribution >= 4 is 0 Å². The van der Waals surface area contributed by atoms with Crippen molar-refractivity contribution in [1.82, 2.24) is 0 Å². The first-order valence-electron chi connectivity index (χ1n) is 4.66. The van der Waals surface area contributed by atoms with Crippen LogP contribution >= 0.6 is 0 Å². The molecule has 12 heavy (non-hydrogen) atoms. The van der Waals surface area contributed by atoms with Crippen LogP contribution in [0.3, 0.4) is 0 Å². The van der Waals surface area contributed by atoms with Crippen molar-refractivity contribution < 1.29 is 0 Å². The molecule has 0 N–H and O–H groups in total. The molecule has 0 aromatic carbocycles. The zero-order valence-corrected chi connectivity index (χ0v) is 9.41. The quantitative estimate of drug-likeness (QED) is 0.535. The number of allylic oxidation sites excluding steroid dienone is 3. The molecular weight excluding hydrogens is 144 g/mol. The topological polar surface area (TPSA) is 0 Å². The van der Waals surface area contributed by atoms with E-state index in [0.29, 0.717) is 0 Å². The Morgan fingerprint density at radius 2 is 1.58 bits per heavy atom. The summed E-state index contributed by atoms with van der Waals surface area (Å²) in [5.74, 6) is 0. The van der Waals surface area contributed by atoms with Crippen LogP contribution in [0, 0.1) is 5.41 Å². The average Bonchev–Trinajstić information content (AvgIpc) is 1.98. The Morgan fingerprint density at radius 1 is 1.17 bits per heavy atom. The normalized spacial score (nSPS) is 14.2. The number of hydrogen-bond acceptors (Lipinski definition) is 0. The zero-order valence-electron chi connectivity index (χ0n) is 9.41. The van der Waals surface area contributed by atoms with Gasteiger partial charge >= 0.3 is 0 Å². The van der Waals surface area contributed by atoms with E-state index >= 15 is 0 Å². The first-order chi connectivity index (χ1) is 5.30. The van der Waals surface area contributed by atoms with Crippen LogP contribution < -0.4 is 0 Å². The Bertz CT molecular complexity index is 199. The van der Waals surface area contributed by atoms with E-state index in [1.54, 1.807) is 0 Å². The van der Waals surface area contributed by atoms with Crippen LogP contribution in [0.25, 0.3) is 0 Å². The van der Waals surface area contributed by atoms with Crippen LogP contribution in [0.4, 0.5) is 0 Å². The molecule has 0 bridgehead atoms. The summed E-state index contributed by atoms with van der Waals surface area (Å²) in [4.78, 5) is 0. The van der Waals surface area contributed by atoms with Crippen LogP contribution in [0.2, 0.25) is 0 Å². The SMILES string of the molecule is C=C(/C(C)=C(/C)CC)C(C)(C)C. The van der Waals surface area contributed by atoms with Gasteiger partial charge in [0, 0.05) is 0 Å². The van der Waals surface area contributed by atoms with E-state index in [-0.39, 0.29) is 5.41 Å². The van der Waals surface area contributed by atoms with E-state index in [1.807, 2.05) is 0 Å². The average molecular weight is 166 g/mol. The lowest BCUT2D eigenvalue weighted by Crippen LogP contribution is -2.10. The maximum Gasteiger partial charge on any atom is -0.0135 e. The number of rotatable bonds is 2. The van der Waals surface area contributed by atoms with Gasteiger partial charge in [0.25, 0.3) is 0 Å². The second kappa shape index (κ2) is 3.93. The monoisotopic (exact) mass is 166 g/mol. The molecule has 0 fully saturated rings. The molecule has 0 amide bonds. The molecule has 0 unspecified atom stereocenters. The fourth-order valence-corrected chi connectivity index (χ4v) is 1.09. The second-order valence-electron chi connectivity index (χ2n) is 4.49. The van der Waals surface area contributed by atoms with Crippen molar-refractivity contribution in [3.05, 3.63) is 23.3 Å². The molecular formula is C12H22. The van der Waals surface area contributed by atoms with Crippen LogP contribution in [0.15, 0.2) is 23.3 Å². The molecule has 0 saturated heterocycles. The predicted molar refractivity (Wildman–Crippen MR) is 57.3 cm³/mol. The first-order valence-corrected chi connectivity index (χ1v) is 4.66. The van der Waals surface area contributed by atoms with Crippen molar-refractivity contribution in [2.24, 2.45) is 5.41 Å². The molecule has 0 aliphatic heterocycles. The minimum Gasteiger partial charge on any atom is -0.0950 e. The summed E-state index contributed by atoms with van der Waals surface area (Å²) in [6.45, 7) is 17.3. The smallest absolute Gasteiger partial charge is 0.0135 e. The largest absolute Gasteiger partial charge is 0.0950 e. The lowest BCUT2D eigenvalue weighted by molar-refractivity contribution is 0.511. The molecule has 0 rings (SSSR count). The van der Waals surface area contributed by atoms with Crippen LogP contribution in [-0.4, -0.2) is 0 Å². The van der Waals surface area contributed by atoms with Crippen molar-refractivity contribution in [3.63, 3.8) is 0 Å². The molecule has 0 heterocycles. The summed E-state index contributed by atoms with van der Waals surface area (Å²) in [5.41, 5.74) is 4.31. The van der Waals surface area contributed by atoms with Crippen molar-refractivity contribution in [2.75, 3.05) is 0 Å². The van der Waals surface area contributed by atoms with Crippen LogP contribution in [-0.2, 0) is 0 Å². The van der Waals surface area contributed by atoms with E-state index in [2.05, 4.69) is 48.1 Å². The highest BCUT2D eigenvalue weighted by Crippen LogP contribution is 2.31. The van der Waals surface area contributed by atoms with Gasteiger partial charge in [0.15, 0.2) is 0 Å². The maximum atomic E-state index is 4.14. The van der Waals surface area contributed by atoms with E-state index in [0.717, 1.165) is 6.42 Å². The molecule has 0 saturated carbocycles. The van der Waals surface area contributed by atoms with Gasteiger partial charge in [-0.15, -0.1) is 0 Å². The Kier molecular flexibility index (Phi) is 3.76. The molecule has 0 heteroatoms. The van der Waals surface area contributed by atoms with Crippen LogP contribution in [0.1, 0.15) is 48.0 Å². The van der Waals surface area contributed by atoms with Gasteiger partial charge in [-0.25, -0.2) is 0 Å². The molecule has 0 aromatic heterocycles. The first kappa shape index (κ1) is 11.5.